The third-order valence-electron chi connectivity index (χ3n) is 5.84. The molecule has 2 rings (SSSR count). The van der Waals surface area contributed by atoms with E-state index in [-0.39, 0.29) is 31.8 Å². The van der Waals surface area contributed by atoms with Crippen molar-refractivity contribution >= 4 is 46.5 Å². The zero-order chi connectivity index (χ0) is 29.8. The number of carbonyl (C=O) groups excluding carboxylic acids is 3. The molecule has 0 aliphatic rings. The number of H-pyrrole nitrogens is 1. The predicted octanol–water partition coefficient (Wildman–Crippen LogP) is -2.90. The highest BCUT2D eigenvalue weighted by molar-refractivity contribution is 5.96. The Bertz CT molecular complexity index is 1240. The Balaban J connectivity index is 2.24. The number of hydrogen-bond donors (Lipinski definition) is 10. The Kier molecular flexibility index (Phi) is 11.8. The minimum absolute atomic E-state index is 0.0795. The predicted molar refractivity (Wildman–Crippen MR) is 143 cm³/mol. The Morgan fingerprint density at radius 2 is 1.55 bits per heavy atom. The van der Waals surface area contributed by atoms with Crippen LogP contribution < -0.4 is 33.2 Å². The molecule has 16 nitrogen and oxygen atoms in total. The van der Waals surface area contributed by atoms with Crippen molar-refractivity contribution in [1.82, 2.24) is 20.9 Å². The smallest absolute Gasteiger partial charge is 0.326 e. The fraction of sp³-hybridized carbons (Fsp3) is 0.417. The number of rotatable bonds is 16. The van der Waals surface area contributed by atoms with Crippen molar-refractivity contribution in [2.45, 2.75) is 49.9 Å². The lowest BCUT2D eigenvalue weighted by Gasteiger charge is -2.24. The molecule has 2 aromatic rings. The zero-order valence-corrected chi connectivity index (χ0v) is 21.5. The number of nitrogens with two attached hydrogens (primary N) is 3. The summed E-state index contributed by atoms with van der Waals surface area (Å²) in [6.45, 7) is -0.598. The molecule has 0 saturated heterocycles. The lowest BCUT2D eigenvalue weighted by Crippen LogP contribution is -2.58. The van der Waals surface area contributed by atoms with Crippen LogP contribution in [0.5, 0.6) is 0 Å². The van der Waals surface area contributed by atoms with Crippen LogP contribution in [-0.2, 0) is 30.4 Å². The summed E-state index contributed by atoms with van der Waals surface area (Å²) in [4.78, 5) is 68.5. The number of amides is 3. The number of carbonyl (C=O) groups is 5. The molecule has 1 heterocycles. The van der Waals surface area contributed by atoms with Gasteiger partial charge in [0.2, 0.25) is 17.7 Å². The molecule has 40 heavy (non-hydrogen) atoms. The molecule has 0 radical (unpaired) electrons. The Labute approximate surface area is 228 Å². The molecule has 1 aromatic carbocycles. The fourth-order valence-electron chi connectivity index (χ4n) is 3.78. The number of aliphatic hydroxyl groups excluding tert-OH is 1. The van der Waals surface area contributed by atoms with Gasteiger partial charge in [-0.25, -0.2) is 4.79 Å². The van der Waals surface area contributed by atoms with E-state index in [9.17, 15) is 39.3 Å². The minimum atomic E-state index is -1.68. The summed E-state index contributed by atoms with van der Waals surface area (Å²) < 4.78 is 0. The van der Waals surface area contributed by atoms with Crippen molar-refractivity contribution in [3.8, 4) is 0 Å². The van der Waals surface area contributed by atoms with Crippen LogP contribution in [0.2, 0.25) is 0 Å². The molecular weight excluding hydrogens is 528 g/mol. The van der Waals surface area contributed by atoms with Crippen molar-refractivity contribution < 1.29 is 39.3 Å². The topological polar surface area (TPSA) is 288 Å². The molecule has 218 valence electrons. The Hall–Kier alpha value is -4.70. The van der Waals surface area contributed by atoms with Gasteiger partial charge in [0.05, 0.1) is 13.0 Å². The van der Waals surface area contributed by atoms with E-state index in [1.807, 2.05) is 0 Å². The number of para-hydroxylation sites is 1. The lowest BCUT2D eigenvalue weighted by atomic mass is 10.0. The molecule has 0 saturated carbocycles. The molecule has 0 fully saturated rings. The van der Waals surface area contributed by atoms with Gasteiger partial charge in [0.15, 0.2) is 5.96 Å². The molecule has 3 amide bonds. The first-order valence-electron chi connectivity index (χ1n) is 12.3. The molecule has 0 aliphatic heterocycles. The second-order valence-corrected chi connectivity index (χ2v) is 8.92. The fourth-order valence-corrected chi connectivity index (χ4v) is 3.78. The average molecular weight is 563 g/mol. The van der Waals surface area contributed by atoms with Crippen LogP contribution in [0.1, 0.15) is 24.8 Å². The number of nitrogens with one attached hydrogen (secondary N) is 4. The summed E-state index contributed by atoms with van der Waals surface area (Å²) in [5.41, 5.74) is 17.4. The first kappa shape index (κ1) is 31.5. The SMILES string of the molecule is NC(N)=NCCCC(NC(=O)C(CC(=O)O)NC(=O)C(Cc1c[nH]c2ccccc12)NC(=O)C(N)CO)C(=O)O. The van der Waals surface area contributed by atoms with Crippen molar-refractivity contribution in [3.63, 3.8) is 0 Å². The maximum atomic E-state index is 13.3. The van der Waals surface area contributed by atoms with Crippen LogP contribution in [0.4, 0.5) is 0 Å². The van der Waals surface area contributed by atoms with Gasteiger partial charge < -0.3 is 53.5 Å². The average Bonchev–Trinajstić information content (AvgIpc) is 3.31. The molecule has 4 atom stereocenters. The number of fused-ring (bicyclic) bond motifs is 1. The van der Waals surface area contributed by atoms with Crippen LogP contribution in [0.15, 0.2) is 35.5 Å². The molecule has 13 N–H and O–H groups in total. The minimum Gasteiger partial charge on any atom is -0.481 e. The van der Waals surface area contributed by atoms with Crippen LogP contribution >= 0.6 is 0 Å². The van der Waals surface area contributed by atoms with Gasteiger partial charge in [-0.05, 0) is 24.5 Å². The number of guanidine groups is 1. The van der Waals surface area contributed by atoms with Crippen molar-refractivity contribution in [3.05, 3.63) is 36.0 Å². The number of aliphatic imine (C=N–C) groups is 1. The number of nitrogens with zero attached hydrogens (tertiary/aromatic N) is 1. The van der Waals surface area contributed by atoms with Crippen molar-refractivity contribution in [2.24, 2.45) is 22.2 Å². The molecular formula is C24H34N8O8. The standard InChI is InChI=1S/C24H34N8O8/c25-14(11-33)20(36)31-17(8-12-10-29-15-5-2-1-4-13(12)15)21(37)32-18(9-19(34)35)22(38)30-16(23(39)40)6-3-7-28-24(26)27/h1-2,4-5,10,14,16-18,29,33H,3,6-9,11,25H2,(H,30,38)(H,31,36)(H,32,37)(H,34,35)(H,39,40)(H4,26,27,28). The van der Waals surface area contributed by atoms with E-state index in [1.165, 1.54) is 0 Å². The van der Waals surface area contributed by atoms with E-state index in [0.29, 0.717) is 5.56 Å². The van der Waals surface area contributed by atoms with E-state index in [0.717, 1.165) is 10.9 Å². The van der Waals surface area contributed by atoms with Crippen LogP contribution in [0.3, 0.4) is 0 Å². The first-order valence-corrected chi connectivity index (χ1v) is 12.3. The number of carboxylic acid groups (broad SMARTS) is 2. The highest BCUT2D eigenvalue weighted by Crippen LogP contribution is 2.19. The van der Waals surface area contributed by atoms with Gasteiger partial charge >= 0.3 is 11.9 Å². The van der Waals surface area contributed by atoms with Crippen molar-refractivity contribution in [2.75, 3.05) is 13.2 Å². The summed E-state index contributed by atoms with van der Waals surface area (Å²) >= 11 is 0. The van der Waals surface area contributed by atoms with Gasteiger partial charge in [-0.1, -0.05) is 18.2 Å². The lowest BCUT2D eigenvalue weighted by molar-refractivity contribution is -0.143. The van der Waals surface area contributed by atoms with Gasteiger partial charge in [-0.2, -0.15) is 0 Å². The summed E-state index contributed by atoms with van der Waals surface area (Å²) in [6, 6.07) is 1.40. The Morgan fingerprint density at radius 1 is 0.925 bits per heavy atom. The van der Waals surface area contributed by atoms with Crippen LogP contribution in [-0.4, -0.2) is 93.2 Å². The van der Waals surface area contributed by atoms with Gasteiger partial charge in [-0.3, -0.25) is 24.2 Å². The number of aliphatic hydroxyl groups is 1. The summed E-state index contributed by atoms with van der Waals surface area (Å²) in [5.74, 6) is -5.86. The van der Waals surface area contributed by atoms with E-state index >= 15 is 0 Å². The quantitative estimate of drug-likeness (QED) is 0.0562. The van der Waals surface area contributed by atoms with Crippen LogP contribution in [0, 0.1) is 0 Å². The number of aromatic nitrogens is 1. The number of hydrogen-bond acceptors (Lipinski definition) is 8. The van der Waals surface area contributed by atoms with E-state index in [4.69, 9.17) is 17.2 Å². The van der Waals surface area contributed by atoms with E-state index in [1.54, 1.807) is 30.5 Å². The summed E-state index contributed by atoms with van der Waals surface area (Å²) in [5, 5.41) is 35.7. The number of aromatic amines is 1. The molecule has 0 bridgehead atoms. The maximum Gasteiger partial charge on any atom is 0.326 e. The summed E-state index contributed by atoms with van der Waals surface area (Å²) in [6.07, 6.45) is 0.786. The number of aliphatic carboxylic acids is 2. The third kappa shape index (κ3) is 9.55. The number of benzene rings is 1. The van der Waals surface area contributed by atoms with Gasteiger partial charge in [-0.15, -0.1) is 0 Å². The Morgan fingerprint density at radius 3 is 2.17 bits per heavy atom. The summed E-state index contributed by atoms with van der Waals surface area (Å²) in [7, 11) is 0. The number of carboxylic acids is 2. The highest BCUT2D eigenvalue weighted by Gasteiger charge is 2.32. The second-order valence-electron chi connectivity index (χ2n) is 8.92. The molecule has 0 spiro atoms. The van der Waals surface area contributed by atoms with E-state index in [2.05, 4.69) is 25.9 Å². The van der Waals surface area contributed by atoms with Gasteiger partial charge in [0.25, 0.3) is 0 Å². The molecule has 16 heteroatoms. The van der Waals surface area contributed by atoms with Crippen LogP contribution in [0.25, 0.3) is 10.9 Å². The third-order valence-corrected chi connectivity index (χ3v) is 5.84. The molecule has 4 unspecified atom stereocenters. The first-order chi connectivity index (χ1) is 18.9. The van der Waals surface area contributed by atoms with Gasteiger partial charge in [0.1, 0.15) is 24.2 Å². The second kappa shape index (κ2) is 15.0. The monoisotopic (exact) mass is 562 g/mol. The normalized spacial score (nSPS) is 13.8. The zero-order valence-electron chi connectivity index (χ0n) is 21.5. The molecule has 1 aromatic heterocycles. The van der Waals surface area contributed by atoms with E-state index < -0.39 is 66.9 Å². The highest BCUT2D eigenvalue weighted by atomic mass is 16.4. The van der Waals surface area contributed by atoms with Crippen molar-refractivity contribution in [1.29, 1.82) is 0 Å². The molecule has 0 aliphatic carbocycles. The van der Waals surface area contributed by atoms with Gasteiger partial charge in [0, 0.05) is 30.1 Å². The largest absolute Gasteiger partial charge is 0.481 e. The maximum absolute atomic E-state index is 13.3.